The van der Waals surface area contributed by atoms with Crippen molar-refractivity contribution in [1.82, 2.24) is 40.0 Å². The smallest absolute Gasteiger partial charge is 1.00 e. The molecule has 4 aliphatic heterocycles. The number of rotatable bonds is 8. The van der Waals surface area contributed by atoms with Crippen LogP contribution in [0.5, 0.6) is 0 Å². The molecule has 2 aromatic heterocycles. The summed E-state index contributed by atoms with van der Waals surface area (Å²) in [6.07, 6.45) is 24.3. The van der Waals surface area contributed by atoms with Crippen molar-refractivity contribution < 1.29 is 73.6 Å². The topological polar surface area (TPSA) is 246 Å². The SMILES string of the molecule is COC(=O)C(=O)N1CCCC1c1nnc([C@@H]2CCCN2C(=O)C(=O)OC)o1.O=C(C(=O)N1CCCC1c1nnc([C@@H]2CCCN2C(=O)C(=O)C2CCCCC2)o1)C1CCCCC1.[Br-].[CH-]1CCCCC1.[Mg+2]. The molecule has 20 nitrogen and oxygen atoms in total. The third-order valence-electron chi connectivity index (χ3n) is 14.5. The van der Waals surface area contributed by atoms with Crippen LogP contribution in [-0.2, 0) is 47.8 Å². The van der Waals surface area contributed by atoms with E-state index >= 15 is 0 Å². The molecule has 4 amide bonds. The average molecular weight is 1050 g/mol. The van der Waals surface area contributed by atoms with Gasteiger partial charge in [-0.1, -0.05) is 57.8 Å². The molecule has 4 atom stereocenters. The first-order valence-electron chi connectivity index (χ1n) is 25.0. The van der Waals surface area contributed by atoms with Crippen LogP contribution in [0.4, 0.5) is 0 Å². The van der Waals surface area contributed by atoms with Crippen LogP contribution in [0, 0.1) is 18.3 Å². The number of hydrogen-bond donors (Lipinski definition) is 0. The molecule has 0 N–H and O–H groups in total. The van der Waals surface area contributed by atoms with Crippen molar-refractivity contribution in [2.24, 2.45) is 11.8 Å². The van der Waals surface area contributed by atoms with Gasteiger partial charge in [-0.25, -0.2) is 9.59 Å². The molecule has 0 aromatic carbocycles. The Balaban J connectivity index is 0.000000232. The number of hydrogen-bond acceptors (Lipinski definition) is 16. The standard InChI is InChI=1S/C26H36N4O5.C16H20N4O7.C6H11.BrH.Mg/c31-21(17-9-3-1-4-10-17)25(33)29-15-7-13-19(29)23-27-28-24(35-23)20-14-8-16-30(20)26(34)22(32)18-11-5-2-6-12-18;1-25-15(23)13(21)19-7-3-5-9(19)11-17-18-12(27-11)10-6-4-8-20(10)14(22)16(24)26-2;1-2-4-6-5-3-1;;/h17-20H,1-16H2;9-10H,3-8H2,1-2H3;1H,2-6H2;1H;/q;;-1;;+2/p-1/t19-,20?;9-,10?;;;/m00.../s1. The monoisotopic (exact) mass is 1050 g/mol. The Morgan fingerprint density at radius 3 is 0.971 bits per heavy atom. The third kappa shape index (κ3) is 13.6. The molecular formula is C48H67BrMgN8O12. The van der Waals surface area contributed by atoms with Gasteiger partial charge in [-0.15, -0.1) is 20.4 Å². The van der Waals surface area contributed by atoms with Gasteiger partial charge < -0.3 is 61.3 Å². The number of methoxy groups -OCH3 is 2. The van der Waals surface area contributed by atoms with Gasteiger partial charge in [0, 0.05) is 38.0 Å². The molecule has 2 aromatic rings. The van der Waals surface area contributed by atoms with Crippen LogP contribution < -0.4 is 17.0 Å². The minimum absolute atomic E-state index is 0. The molecule has 7 aliphatic rings. The predicted octanol–water partition coefficient (Wildman–Crippen LogP) is 2.22. The van der Waals surface area contributed by atoms with Gasteiger partial charge >= 0.3 is 46.8 Å². The summed E-state index contributed by atoms with van der Waals surface area (Å²) < 4.78 is 20.7. The first kappa shape index (κ1) is 56.6. The minimum atomic E-state index is -0.952. The van der Waals surface area contributed by atoms with Crippen LogP contribution in [0.1, 0.15) is 195 Å². The Labute approximate surface area is 435 Å². The Hall–Kier alpha value is -4.31. The number of aromatic nitrogens is 4. The van der Waals surface area contributed by atoms with Crippen LogP contribution in [-0.4, -0.2) is 151 Å². The molecule has 70 heavy (non-hydrogen) atoms. The summed E-state index contributed by atoms with van der Waals surface area (Å²) in [5, 5.41) is 16.5. The maximum absolute atomic E-state index is 13.1. The number of carbonyl (C=O) groups is 8. The van der Waals surface area contributed by atoms with Crippen LogP contribution >= 0.6 is 0 Å². The van der Waals surface area contributed by atoms with Crippen molar-refractivity contribution in [3.8, 4) is 0 Å². The van der Waals surface area contributed by atoms with Gasteiger partial charge in [-0.3, -0.25) is 28.8 Å². The van der Waals surface area contributed by atoms with Gasteiger partial charge in [-0.2, -0.15) is 12.8 Å². The van der Waals surface area contributed by atoms with E-state index in [9.17, 15) is 38.4 Å². The summed E-state index contributed by atoms with van der Waals surface area (Å²) in [7, 11) is 2.28. The number of ketones is 2. The van der Waals surface area contributed by atoms with Crippen molar-refractivity contribution >= 4 is 70.2 Å². The molecule has 0 bridgehead atoms. The van der Waals surface area contributed by atoms with Gasteiger partial charge in [0.05, 0.1) is 14.2 Å². The van der Waals surface area contributed by atoms with Gasteiger partial charge in [-0.05, 0) is 77.0 Å². The second-order valence-electron chi connectivity index (χ2n) is 18.9. The third-order valence-corrected chi connectivity index (χ3v) is 14.5. The van der Waals surface area contributed by atoms with E-state index < -0.39 is 59.7 Å². The summed E-state index contributed by atoms with van der Waals surface area (Å²) in [5.41, 5.74) is 0. The molecule has 0 spiro atoms. The fourth-order valence-electron chi connectivity index (χ4n) is 10.8. The zero-order valence-corrected chi connectivity index (χ0v) is 43.7. The molecule has 4 saturated heterocycles. The van der Waals surface area contributed by atoms with E-state index in [1.165, 1.54) is 41.9 Å². The number of likely N-dealkylation sites (tertiary alicyclic amines) is 4. The van der Waals surface area contributed by atoms with E-state index in [0.717, 1.165) is 91.3 Å². The second kappa shape index (κ2) is 27.5. The van der Waals surface area contributed by atoms with E-state index in [0.29, 0.717) is 76.5 Å². The fourth-order valence-corrected chi connectivity index (χ4v) is 10.8. The van der Waals surface area contributed by atoms with E-state index in [1.807, 2.05) is 0 Å². The summed E-state index contributed by atoms with van der Waals surface area (Å²) in [6, 6.07) is -1.87. The van der Waals surface area contributed by atoms with Gasteiger partial charge in [0.2, 0.25) is 35.1 Å². The number of nitrogens with zero attached hydrogens (tertiary/aromatic N) is 8. The molecule has 3 saturated carbocycles. The normalized spacial score (nSPS) is 23.7. The van der Waals surface area contributed by atoms with Gasteiger partial charge in [0.25, 0.3) is 11.8 Å². The summed E-state index contributed by atoms with van der Waals surface area (Å²) >= 11 is 0. The largest absolute Gasteiger partial charge is 2.00 e. The van der Waals surface area contributed by atoms with Crippen LogP contribution in [0.2, 0.25) is 0 Å². The Bertz CT molecular complexity index is 1980. The van der Waals surface area contributed by atoms with E-state index in [4.69, 9.17) is 8.83 Å². The summed E-state index contributed by atoms with van der Waals surface area (Å²) in [4.78, 5) is 105. The molecular weight excluding hydrogens is 985 g/mol. The molecule has 6 heterocycles. The zero-order chi connectivity index (χ0) is 48.2. The average Bonchev–Trinajstić information content (AvgIpc) is 4.25. The molecule has 380 valence electrons. The number of Topliss-reactive ketones (excluding diaryl/α,β-unsaturated/α-hetero) is 2. The molecule has 22 heteroatoms. The van der Waals surface area contributed by atoms with Crippen molar-refractivity contribution in [3.63, 3.8) is 0 Å². The van der Waals surface area contributed by atoms with Crippen molar-refractivity contribution in [3.05, 3.63) is 30.0 Å². The molecule has 9 rings (SSSR count). The second-order valence-corrected chi connectivity index (χ2v) is 18.9. The van der Waals surface area contributed by atoms with E-state index in [1.54, 1.807) is 9.80 Å². The molecule has 0 radical (unpaired) electrons. The number of halogens is 1. The van der Waals surface area contributed by atoms with Crippen LogP contribution in [0.25, 0.3) is 0 Å². The minimum Gasteiger partial charge on any atom is -1.00 e. The zero-order valence-electron chi connectivity index (χ0n) is 40.7. The quantitative estimate of drug-likeness (QED) is 0.159. The Morgan fingerprint density at radius 2 is 0.714 bits per heavy atom. The number of amides is 4. The maximum atomic E-state index is 13.1. The number of esters is 2. The van der Waals surface area contributed by atoms with Gasteiger partial charge in [0.15, 0.2) is 0 Å². The van der Waals surface area contributed by atoms with Crippen molar-refractivity contribution in [2.45, 2.75) is 172 Å². The number of carbonyl (C=O) groups excluding carboxylic acids is 8. The predicted molar refractivity (Wildman–Crippen MR) is 244 cm³/mol. The first-order chi connectivity index (χ1) is 33.0. The van der Waals surface area contributed by atoms with E-state index in [2.05, 4.69) is 36.3 Å². The molecule has 7 fully saturated rings. The number of ether oxygens (including phenoxy) is 2. The fraction of sp³-hybridized carbons (Fsp3) is 0.729. The van der Waals surface area contributed by atoms with Crippen LogP contribution in [0.15, 0.2) is 8.83 Å². The summed E-state index contributed by atoms with van der Waals surface area (Å²) in [6.45, 7) is 1.77. The summed E-state index contributed by atoms with van der Waals surface area (Å²) in [5.74, 6) is -4.19. The molecule has 3 aliphatic carbocycles. The first-order valence-corrected chi connectivity index (χ1v) is 25.0. The Morgan fingerprint density at radius 1 is 0.429 bits per heavy atom. The van der Waals surface area contributed by atoms with Crippen LogP contribution in [0.3, 0.4) is 0 Å². The maximum Gasteiger partial charge on any atom is 2.00 e. The van der Waals surface area contributed by atoms with Gasteiger partial charge in [0.1, 0.15) is 24.2 Å². The Kier molecular flexibility index (Phi) is 22.2. The van der Waals surface area contributed by atoms with E-state index in [-0.39, 0.29) is 75.2 Å². The molecule has 2 unspecified atom stereocenters. The van der Waals surface area contributed by atoms with Crippen molar-refractivity contribution in [2.75, 3.05) is 40.4 Å². The van der Waals surface area contributed by atoms with Crippen molar-refractivity contribution in [1.29, 1.82) is 0 Å².